The van der Waals surface area contributed by atoms with Crippen molar-refractivity contribution < 1.29 is 9.53 Å². The Balaban J connectivity index is 1.37. The van der Waals surface area contributed by atoms with Crippen molar-refractivity contribution in [3.05, 3.63) is 57.2 Å². The second kappa shape index (κ2) is 12.6. The number of nitrogens with two attached hydrogens (primary N) is 1. The highest BCUT2D eigenvalue weighted by atomic mass is 35.5. The molecule has 36 heavy (non-hydrogen) atoms. The number of benzene rings is 1. The molecule has 0 aliphatic carbocycles. The molecule has 8 heteroatoms. The number of carbonyl (C=O) groups excluding carboxylic acids is 1. The van der Waals surface area contributed by atoms with Crippen molar-refractivity contribution in [3.63, 3.8) is 0 Å². The van der Waals surface area contributed by atoms with Crippen LogP contribution in [0.2, 0.25) is 10.0 Å². The summed E-state index contributed by atoms with van der Waals surface area (Å²) in [6.45, 7) is 8.86. The van der Waals surface area contributed by atoms with Gasteiger partial charge >= 0.3 is 0 Å². The molecule has 4 rings (SSSR count). The zero-order valence-corrected chi connectivity index (χ0v) is 22.9. The minimum atomic E-state index is -0.629. The summed E-state index contributed by atoms with van der Waals surface area (Å²) in [5.41, 5.74) is 9.43. The molecule has 2 saturated heterocycles. The predicted octanol–water partition coefficient (Wildman–Crippen LogP) is 5.23. The first-order chi connectivity index (χ1) is 17.3. The Morgan fingerprint density at radius 3 is 2.56 bits per heavy atom. The smallest absolute Gasteiger partial charge is 0.239 e. The Bertz CT molecular complexity index is 1040. The van der Waals surface area contributed by atoms with Gasteiger partial charge < -0.3 is 15.4 Å². The van der Waals surface area contributed by atoms with Crippen molar-refractivity contribution in [1.82, 2.24) is 14.8 Å². The molecule has 0 spiro atoms. The van der Waals surface area contributed by atoms with Crippen LogP contribution in [0.3, 0.4) is 0 Å². The van der Waals surface area contributed by atoms with Crippen LogP contribution in [0.1, 0.15) is 61.6 Å². The number of likely N-dealkylation sites (tertiary alicyclic amines) is 2. The molecule has 2 fully saturated rings. The monoisotopic (exact) mass is 532 g/mol. The first-order valence-corrected chi connectivity index (χ1v) is 13.9. The molecule has 0 saturated carbocycles. The van der Waals surface area contributed by atoms with E-state index in [-0.39, 0.29) is 12.0 Å². The van der Waals surface area contributed by atoms with Gasteiger partial charge in [-0.3, -0.25) is 9.69 Å². The van der Waals surface area contributed by atoms with Gasteiger partial charge in [0.25, 0.3) is 0 Å². The van der Waals surface area contributed by atoms with Gasteiger partial charge in [-0.1, -0.05) is 36.2 Å². The molecular weight excluding hydrogens is 495 g/mol. The molecule has 1 aromatic carbocycles. The first kappa shape index (κ1) is 27.2. The number of ether oxygens (including phenoxy) is 1. The summed E-state index contributed by atoms with van der Waals surface area (Å²) in [4.78, 5) is 22.2. The Hall–Kier alpha value is -1.86. The van der Waals surface area contributed by atoms with Crippen LogP contribution in [0.4, 0.5) is 0 Å². The van der Waals surface area contributed by atoms with E-state index in [0.29, 0.717) is 35.5 Å². The lowest BCUT2D eigenvalue weighted by molar-refractivity contribution is -0.133. The number of nitrogens with zero attached hydrogens (tertiary/aromatic N) is 3. The van der Waals surface area contributed by atoms with Crippen LogP contribution in [0, 0.1) is 6.92 Å². The van der Waals surface area contributed by atoms with Gasteiger partial charge in [0.1, 0.15) is 6.10 Å². The molecular formula is C28H38Cl2N4O2. The van der Waals surface area contributed by atoms with E-state index in [1.54, 1.807) is 12.1 Å². The van der Waals surface area contributed by atoms with Crippen molar-refractivity contribution >= 4 is 29.1 Å². The number of aryl methyl sites for hydroxylation is 1. The van der Waals surface area contributed by atoms with Gasteiger partial charge in [0.2, 0.25) is 11.8 Å². The lowest BCUT2D eigenvalue weighted by atomic mass is 9.89. The zero-order chi connectivity index (χ0) is 25.7. The van der Waals surface area contributed by atoms with Crippen LogP contribution in [-0.2, 0) is 11.2 Å². The average Bonchev–Trinajstić information content (AvgIpc) is 3.39. The molecule has 2 aromatic rings. The van der Waals surface area contributed by atoms with E-state index < -0.39 is 6.04 Å². The molecule has 0 unspecified atom stereocenters. The quantitative estimate of drug-likeness (QED) is 0.478. The molecule has 2 atom stereocenters. The number of hydrogen-bond acceptors (Lipinski definition) is 5. The third-order valence-corrected chi connectivity index (χ3v) is 8.02. The second-order valence-electron chi connectivity index (χ2n) is 10.2. The van der Waals surface area contributed by atoms with Crippen molar-refractivity contribution in [2.24, 2.45) is 5.73 Å². The number of pyridine rings is 1. The topological polar surface area (TPSA) is 71.7 Å². The second-order valence-corrected chi connectivity index (χ2v) is 11.1. The van der Waals surface area contributed by atoms with E-state index in [9.17, 15) is 4.79 Å². The van der Waals surface area contributed by atoms with Crippen LogP contribution in [0.5, 0.6) is 5.88 Å². The van der Waals surface area contributed by atoms with E-state index >= 15 is 0 Å². The fraction of sp³-hybridized carbons (Fsp3) is 0.571. The number of amides is 1. The molecule has 3 heterocycles. The summed E-state index contributed by atoms with van der Waals surface area (Å²) >= 11 is 12.3. The minimum absolute atomic E-state index is 0.0324. The molecule has 0 radical (unpaired) electrons. The van der Waals surface area contributed by atoms with E-state index in [1.807, 2.05) is 17.2 Å². The summed E-state index contributed by atoms with van der Waals surface area (Å²) in [6, 6.07) is 6.88. The van der Waals surface area contributed by atoms with Gasteiger partial charge in [0.05, 0.1) is 6.04 Å². The van der Waals surface area contributed by atoms with Crippen LogP contribution < -0.4 is 10.5 Å². The summed E-state index contributed by atoms with van der Waals surface area (Å²) in [5, 5.41) is 1.11. The molecule has 2 N–H and O–H groups in total. The van der Waals surface area contributed by atoms with Crippen LogP contribution in [0.15, 0.2) is 30.5 Å². The molecule has 6 nitrogen and oxygen atoms in total. The summed E-state index contributed by atoms with van der Waals surface area (Å²) in [6.07, 6.45) is 7.65. The molecule has 2 aliphatic rings. The number of carbonyl (C=O) groups is 1. The van der Waals surface area contributed by atoms with Gasteiger partial charge in [0.15, 0.2) is 0 Å². The summed E-state index contributed by atoms with van der Waals surface area (Å²) in [5.74, 6) is 1.03. The Labute approximate surface area is 225 Å². The normalized spacial score (nSPS) is 18.9. The van der Waals surface area contributed by atoms with Crippen molar-refractivity contribution in [1.29, 1.82) is 0 Å². The highest BCUT2D eigenvalue weighted by molar-refractivity contribution is 6.35. The third-order valence-electron chi connectivity index (χ3n) is 7.43. The van der Waals surface area contributed by atoms with Crippen molar-refractivity contribution in [2.75, 3.05) is 32.7 Å². The summed E-state index contributed by atoms with van der Waals surface area (Å²) < 4.78 is 6.49. The maximum atomic E-state index is 13.1. The highest BCUT2D eigenvalue weighted by Gasteiger charge is 2.30. The van der Waals surface area contributed by atoms with Crippen molar-refractivity contribution in [2.45, 2.75) is 70.4 Å². The fourth-order valence-electron chi connectivity index (χ4n) is 5.29. The van der Waals surface area contributed by atoms with Crippen LogP contribution >= 0.6 is 23.2 Å². The van der Waals surface area contributed by atoms with E-state index in [2.05, 4.69) is 24.8 Å². The van der Waals surface area contributed by atoms with Crippen molar-refractivity contribution in [3.8, 4) is 5.88 Å². The number of aromatic nitrogens is 1. The molecule has 1 amide bonds. The van der Waals surface area contributed by atoms with Crippen LogP contribution in [0.25, 0.3) is 0 Å². The molecule has 2 aliphatic heterocycles. The average molecular weight is 534 g/mol. The third kappa shape index (κ3) is 6.91. The maximum absolute atomic E-state index is 13.1. The maximum Gasteiger partial charge on any atom is 0.239 e. The number of halogens is 2. The minimum Gasteiger partial charge on any atom is -0.473 e. The van der Waals surface area contributed by atoms with Gasteiger partial charge in [-0.15, -0.1) is 0 Å². The van der Waals surface area contributed by atoms with Crippen LogP contribution in [-0.4, -0.2) is 65.6 Å². The zero-order valence-electron chi connectivity index (χ0n) is 21.4. The number of piperidine rings is 1. The van der Waals surface area contributed by atoms with Gasteiger partial charge in [0, 0.05) is 41.4 Å². The lowest BCUT2D eigenvalue weighted by Gasteiger charge is -2.34. The fourth-order valence-corrected chi connectivity index (χ4v) is 5.77. The SMILES string of the molecule is CC[C@@H](CN1CCCC1)Oc1ncc(C)cc1C1CCN(C(=O)[C@H](N)Cc2ccc(Cl)cc2Cl)CC1. The van der Waals surface area contributed by atoms with Gasteiger partial charge in [-0.2, -0.15) is 0 Å². The van der Waals surface area contributed by atoms with E-state index in [4.69, 9.17) is 38.7 Å². The van der Waals surface area contributed by atoms with E-state index in [1.165, 1.54) is 18.4 Å². The van der Waals surface area contributed by atoms with E-state index in [0.717, 1.165) is 55.9 Å². The largest absolute Gasteiger partial charge is 0.473 e. The number of rotatable bonds is 9. The summed E-state index contributed by atoms with van der Waals surface area (Å²) in [7, 11) is 0. The lowest BCUT2D eigenvalue weighted by Crippen LogP contribution is -2.47. The molecule has 1 aromatic heterocycles. The number of hydrogen-bond donors (Lipinski definition) is 1. The molecule has 196 valence electrons. The van der Waals surface area contributed by atoms with Gasteiger partial charge in [-0.05, 0) is 93.8 Å². The Morgan fingerprint density at radius 2 is 1.89 bits per heavy atom. The Kier molecular flexibility index (Phi) is 9.51. The standard InChI is InChI=1S/C28H38Cl2N4O2/c1-3-23(18-33-10-4-5-11-33)36-27-24(14-19(2)17-32-27)20-8-12-34(13-9-20)28(35)26(31)15-21-6-7-22(29)16-25(21)30/h6-7,14,16-17,20,23,26H,3-5,8-13,15,18,31H2,1-2H3/t23-,26+/m0/s1. The Morgan fingerprint density at radius 1 is 1.17 bits per heavy atom. The predicted molar refractivity (Wildman–Crippen MR) is 146 cm³/mol. The van der Waals surface area contributed by atoms with Gasteiger partial charge in [-0.25, -0.2) is 4.98 Å². The first-order valence-electron chi connectivity index (χ1n) is 13.2. The molecule has 0 bridgehead atoms. The highest BCUT2D eigenvalue weighted by Crippen LogP contribution is 2.35.